The zero-order chi connectivity index (χ0) is 24.5. The second-order valence-corrected chi connectivity index (χ2v) is 9.14. The van der Waals surface area contributed by atoms with Gasteiger partial charge >= 0.3 is 5.97 Å². The molecule has 2 atom stereocenters. The van der Waals surface area contributed by atoms with Crippen molar-refractivity contribution in [2.75, 3.05) is 0 Å². The average Bonchev–Trinajstić information content (AvgIpc) is 3.65. The number of carbonyl (C=O) groups is 1. The van der Waals surface area contributed by atoms with Crippen LogP contribution in [0.15, 0.2) is 89.9 Å². The summed E-state index contributed by atoms with van der Waals surface area (Å²) in [5, 5.41) is 13.3. The van der Waals surface area contributed by atoms with E-state index < -0.39 is 5.97 Å². The molecule has 0 unspecified atom stereocenters. The van der Waals surface area contributed by atoms with E-state index in [1.54, 1.807) is 6.07 Å². The Balaban J connectivity index is 1.20. The SMILES string of the molecule is O=C(O)C[C@@H](c1ccc(O[C@@H]2CCc3c(Cn4cnc5ccccc54)cccc32)cc1)c1ccon1. The first-order valence-corrected chi connectivity index (χ1v) is 12.0. The molecule has 1 aliphatic carbocycles. The Morgan fingerprint density at radius 3 is 2.75 bits per heavy atom. The third-order valence-electron chi connectivity index (χ3n) is 6.94. The van der Waals surface area contributed by atoms with Crippen molar-refractivity contribution >= 4 is 17.0 Å². The lowest BCUT2D eigenvalue weighted by molar-refractivity contribution is -0.137. The van der Waals surface area contributed by atoms with Gasteiger partial charge in [-0.3, -0.25) is 4.79 Å². The number of nitrogens with zero attached hydrogens (tertiary/aromatic N) is 3. The molecule has 2 aromatic heterocycles. The number of hydrogen-bond donors (Lipinski definition) is 1. The van der Waals surface area contributed by atoms with Crippen molar-refractivity contribution in [1.82, 2.24) is 14.7 Å². The summed E-state index contributed by atoms with van der Waals surface area (Å²) in [7, 11) is 0. The van der Waals surface area contributed by atoms with Crippen LogP contribution in [0.1, 0.15) is 52.8 Å². The highest BCUT2D eigenvalue weighted by atomic mass is 16.5. The van der Waals surface area contributed by atoms with Gasteiger partial charge in [0.15, 0.2) is 0 Å². The van der Waals surface area contributed by atoms with Crippen LogP contribution in [0.2, 0.25) is 0 Å². The molecular weight excluding hydrogens is 454 g/mol. The number of benzene rings is 3. The molecule has 0 spiro atoms. The van der Waals surface area contributed by atoms with E-state index >= 15 is 0 Å². The van der Waals surface area contributed by atoms with Gasteiger partial charge in [0.1, 0.15) is 18.1 Å². The first-order chi connectivity index (χ1) is 17.7. The first kappa shape index (κ1) is 22.1. The molecule has 0 saturated carbocycles. The van der Waals surface area contributed by atoms with Gasteiger partial charge in [-0.05, 0) is 59.4 Å². The lowest BCUT2D eigenvalue weighted by Gasteiger charge is -2.17. The summed E-state index contributed by atoms with van der Waals surface area (Å²) in [6.45, 7) is 0.776. The largest absolute Gasteiger partial charge is 0.486 e. The van der Waals surface area contributed by atoms with E-state index in [1.165, 1.54) is 23.0 Å². The maximum atomic E-state index is 11.4. The van der Waals surface area contributed by atoms with Crippen LogP contribution in [0, 0.1) is 0 Å². The zero-order valence-corrected chi connectivity index (χ0v) is 19.6. The van der Waals surface area contributed by atoms with Gasteiger partial charge in [0, 0.05) is 18.5 Å². The van der Waals surface area contributed by atoms with E-state index in [0.717, 1.165) is 41.7 Å². The molecule has 6 rings (SSSR count). The van der Waals surface area contributed by atoms with Crippen LogP contribution < -0.4 is 4.74 Å². The van der Waals surface area contributed by atoms with Gasteiger partial charge < -0.3 is 18.9 Å². The van der Waals surface area contributed by atoms with E-state index in [0.29, 0.717) is 5.69 Å². The molecule has 1 N–H and O–H groups in total. The Hall–Kier alpha value is -4.39. The fraction of sp³-hybridized carbons (Fsp3) is 0.207. The van der Waals surface area contributed by atoms with Gasteiger partial charge in [-0.25, -0.2) is 4.98 Å². The average molecular weight is 480 g/mol. The summed E-state index contributed by atoms with van der Waals surface area (Å²) in [6.07, 6.45) is 5.18. The quantitative estimate of drug-likeness (QED) is 0.305. The van der Waals surface area contributed by atoms with Crippen molar-refractivity contribution in [3.63, 3.8) is 0 Å². The van der Waals surface area contributed by atoms with Crippen molar-refractivity contribution < 1.29 is 19.2 Å². The number of ether oxygens (including phenoxy) is 1. The van der Waals surface area contributed by atoms with Gasteiger partial charge in [-0.15, -0.1) is 0 Å². The molecule has 0 saturated heterocycles. The third kappa shape index (κ3) is 4.24. The summed E-state index contributed by atoms with van der Waals surface area (Å²) in [5.74, 6) is -0.494. The maximum Gasteiger partial charge on any atom is 0.304 e. The predicted octanol–water partition coefficient (Wildman–Crippen LogP) is 5.75. The Morgan fingerprint density at radius 1 is 1.08 bits per heavy atom. The molecule has 2 heterocycles. The van der Waals surface area contributed by atoms with Crippen molar-refractivity contribution in [2.45, 2.75) is 37.8 Å². The van der Waals surface area contributed by atoms with Crippen molar-refractivity contribution in [3.05, 3.63) is 113 Å². The summed E-state index contributed by atoms with van der Waals surface area (Å²) >= 11 is 0. The van der Waals surface area contributed by atoms with E-state index in [2.05, 4.69) is 39.0 Å². The minimum atomic E-state index is -0.884. The fourth-order valence-corrected chi connectivity index (χ4v) is 5.19. The number of fused-ring (bicyclic) bond motifs is 2. The number of rotatable bonds is 8. The molecule has 0 fully saturated rings. The maximum absolute atomic E-state index is 11.4. The summed E-state index contributed by atoms with van der Waals surface area (Å²) in [5.41, 5.74) is 7.48. The van der Waals surface area contributed by atoms with E-state index in [1.807, 2.05) is 48.8 Å². The number of para-hydroxylation sites is 2. The molecule has 5 aromatic rings. The molecule has 180 valence electrons. The van der Waals surface area contributed by atoms with Crippen LogP contribution in [0.3, 0.4) is 0 Å². The standard InChI is InChI=1S/C29H25N3O4/c33-29(34)16-24(25-14-15-35-31-25)19-8-10-21(11-9-19)36-28-13-12-22-20(4-3-5-23(22)28)17-32-18-30-26-6-1-2-7-27(26)32/h1-11,14-15,18,24,28H,12-13,16-17H2,(H,33,34)/t24-,28+/m0/s1. The second-order valence-electron chi connectivity index (χ2n) is 9.14. The van der Waals surface area contributed by atoms with Gasteiger partial charge in [0.25, 0.3) is 0 Å². The van der Waals surface area contributed by atoms with Gasteiger partial charge in [-0.2, -0.15) is 0 Å². The van der Waals surface area contributed by atoms with Crippen LogP contribution in [0.4, 0.5) is 0 Å². The van der Waals surface area contributed by atoms with E-state index in [-0.39, 0.29) is 18.4 Å². The predicted molar refractivity (Wildman–Crippen MR) is 134 cm³/mol. The number of aromatic nitrogens is 3. The first-order valence-electron chi connectivity index (χ1n) is 12.0. The van der Waals surface area contributed by atoms with Gasteiger partial charge in [0.05, 0.1) is 29.5 Å². The second kappa shape index (κ2) is 9.34. The number of imidazole rings is 1. The molecule has 0 amide bonds. The Bertz CT molecular complexity index is 1510. The van der Waals surface area contributed by atoms with Crippen LogP contribution in [-0.2, 0) is 17.8 Å². The Labute approximate surface area is 208 Å². The monoisotopic (exact) mass is 479 g/mol. The van der Waals surface area contributed by atoms with E-state index in [9.17, 15) is 9.90 Å². The van der Waals surface area contributed by atoms with Crippen LogP contribution in [0.25, 0.3) is 11.0 Å². The number of carboxylic acid groups (broad SMARTS) is 1. The summed E-state index contributed by atoms with van der Waals surface area (Å²) < 4.78 is 13.5. The number of hydrogen-bond acceptors (Lipinski definition) is 5. The molecule has 3 aromatic carbocycles. The molecule has 36 heavy (non-hydrogen) atoms. The van der Waals surface area contributed by atoms with Gasteiger partial charge in [-0.1, -0.05) is 47.6 Å². The molecule has 0 radical (unpaired) electrons. The molecule has 0 aliphatic heterocycles. The van der Waals surface area contributed by atoms with E-state index in [4.69, 9.17) is 9.26 Å². The van der Waals surface area contributed by atoms with Crippen molar-refractivity contribution in [2.24, 2.45) is 0 Å². The van der Waals surface area contributed by atoms with Crippen LogP contribution in [0.5, 0.6) is 5.75 Å². The minimum absolute atomic E-state index is 0.0179. The van der Waals surface area contributed by atoms with Gasteiger partial charge in [0.2, 0.25) is 0 Å². The smallest absolute Gasteiger partial charge is 0.304 e. The molecule has 7 nitrogen and oxygen atoms in total. The number of carboxylic acids is 1. The molecule has 7 heteroatoms. The highest BCUT2D eigenvalue weighted by Crippen LogP contribution is 2.38. The van der Waals surface area contributed by atoms with Crippen molar-refractivity contribution in [1.29, 1.82) is 0 Å². The lowest BCUT2D eigenvalue weighted by Crippen LogP contribution is -2.09. The number of aliphatic carboxylic acids is 1. The zero-order valence-electron chi connectivity index (χ0n) is 19.6. The van der Waals surface area contributed by atoms with Crippen LogP contribution >= 0.6 is 0 Å². The highest BCUT2D eigenvalue weighted by molar-refractivity contribution is 5.75. The summed E-state index contributed by atoms with van der Waals surface area (Å²) in [6, 6.07) is 24.0. The third-order valence-corrected chi connectivity index (χ3v) is 6.94. The topological polar surface area (TPSA) is 90.4 Å². The van der Waals surface area contributed by atoms with Crippen molar-refractivity contribution in [3.8, 4) is 5.75 Å². The highest BCUT2D eigenvalue weighted by Gasteiger charge is 2.27. The van der Waals surface area contributed by atoms with Crippen LogP contribution in [-0.4, -0.2) is 25.8 Å². The fourth-order valence-electron chi connectivity index (χ4n) is 5.19. The normalized spacial score (nSPS) is 15.6. The lowest BCUT2D eigenvalue weighted by atomic mass is 9.92. The molecule has 0 bridgehead atoms. The molecular formula is C29H25N3O4. The Kier molecular flexibility index (Phi) is 5.73. The summed E-state index contributed by atoms with van der Waals surface area (Å²) in [4.78, 5) is 15.9. The molecule has 1 aliphatic rings. The minimum Gasteiger partial charge on any atom is -0.486 e. The Morgan fingerprint density at radius 2 is 1.94 bits per heavy atom.